The van der Waals surface area contributed by atoms with Crippen LogP contribution in [-0.2, 0) is 6.54 Å². The van der Waals surface area contributed by atoms with Gasteiger partial charge in [-0.15, -0.1) is 0 Å². The number of halogens is 1. The highest BCUT2D eigenvalue weighted by molar-refractivity contribution is 6.30. The molecule has 0 unspecified atom stereocenters. The van der Waals surface area contributed by atoms with Crippen molar-refractivity contribution in [1.29, 1.82) is 5.41 Å². The molecule has 2 nitrogen and oxygen atoms in total. The van der Waals surface area contributed by atoms with Crippen molar-refractivity contribution in [2.45, 2.75) is 6.54 Å². The molecule has 1 N–H and O–H groups in total. The topological polar surface area (TPSA) is 28.8 Å². The number of hydrogen-bond donors (Lipinski definition) is 1. The summed E-state index contributed by atoms with van der Waals surface area (Å²) in [6.07, 6.45) is 3.45. The second-order valence-corrected chi connectivity index (χ2v) is 4.93. The van der Waals surface area contributed by atoms with Crippen molar-refractivity contribution < 1.29 is 0 Å². The minimum Gasteiger partial charge on any atom is -0.343 e. The fraction of sp³-hybridized carbons (Fsp3) is 0.0625. The lowest BCUT2D eigenvalue weighted by atomic mass is 10.1. The molecule has 2 aromatic carbocycles. The van der Waals surface area contributed by atoms with Crippen LogP contribution in [0.25, 0.3) is 10.9 Å². The summed E-state index contributed by atoms with van der Waals surface area (Å²) in [4.78, 5) is 0. The molecule has 94 valence electrons. The van der Waals surface area contributed by atoms with Crippen LogP contribution in [0, 0.1) is 5.41 Å². The van der Waals surface area contributed by atoms with Crippen LogP contribution in [0.4, 0.5) is 0 Å². The van der Waals surface area contributed by atoms with Crippen molar-refractivity contribution in [2.24, 2.45) is 0 Å². The smallest absolute Gasteiger partial charge is 0.0490 e. The molecule has 1 heterocycles. The van der Waals surface area contributed by atoms with Crippen molar-refractivity contribution in [3.8, 4) is 0 Å². The van der Waals surface area contributed by atoms with E-state index in [1.165, 1.54) is 11.8 Å². The fourth-order valence-electron chi connectivity index (χ4n) is 2.34. The predicted octanol–water partition coefficient (Wildman–Crippen LogP) is 4.34. The van der Waals surface area contributed by atoms with Gasteiger partial charge in [0.2, 0.25) is 0 Å². The Bertz CT molecular complexity index is 743. The van der Waals surface area contributed by atoms with Gasteiger partial charge in [0.25, 0.3) is 0 Å². The first-order chi connectivity index (χ1) is 9.28. The van der Waals surface area contributed by atoms with Gasteiger partial charge in [-0.3, -0.25) is 0 Å². The second-order valence-electron chi connectivity index (χ2n) is 4.50. The van der Waals surface area contributed by atoms with Crippen LogP contribution < -0.4 is 0 Å². The molecule has 0 radical (unpaired) electrons. The molecule has 0 aliphatic heterocycles. The molecule has 0 aliphatic rings. The lowest BCUT2D eigenvalue weighted by molar-refractivity contribution is 0.837. The standard InChI is InChI=1S/C16H13ClN2/c17-14-5-1-3-12(9-14)11-19-8-7-15-13(10-18)4-2-6-16(15)19/h1-10,18H,11H2. The van der Waals surface area contributed by atoms with Crippen LogP contribution in [0.15, 0.2) is 54.7 Å². The molecule has 0 saturated heterocycles. The Labute approximate surface area is 116 Å². The molecule has 19 heavy (non-hydrogen) atoms. The van der Waals surface area contributed by atoms with Gasteiger partial charge in [-0.1, -0.05) is 35.9 Å². The van der Waals surface area contributed by atoms with E-state index in [1.807, 2.05) is 30.3 Å². The zero-order valence-electron chi connectivity index (χ0n) is 10.3. The lowest BCUT2D eigenvalue weighted by Crippen LogP contribution is -1.97. The molecule has 1 aromatic heterocycles. The quantitative estimate of drug-likeness (QED) is 0.685. The van der Waals surface area contributed by atoms with Gasteiger partial charge in [-0.2, -0.15) is 0 Å². The molecule has 3 rings (SSSR count). The molecule has 0 fully saturated rings. The third kappa shape index (κ3) is 2.27. The predicted molar refractivity (Wildman–Crippen MR) is 80.4 cm³/mol. The first-order valence-corrected chi connectivity index (χ1v) is 6.48. The van der Waals surface area contributed by atoms with Crippen LogP contribution in [0.1, 0.15) is 11.1 Å². The number of benzene rings is 2. The summed E-state index contributed by atoms with van der Waals surface area (Å²) in [7, 11) is 0. The molecular formula is C16H13ClN2. The van der Waals surface area contributed by atoms with Crippen molar-refractivity contribution in [2.75, 3.05) is 0 Å². The normalized spacial score (nSPS) is 10.8. The molecule has 0 aliphatic carbocycles. The minimum atomic E-state index is 0.758. The van der Waals surface area contributed by atoms with E-state index in [1.54, 1.807) is 0 Å². The number of rotatable bonds is 3. The molecule has 3 heteroatoms. The van der Waals surface area contributed by atoms with E-state index in [2.05, 4.69) is 29.0 Å². The molecule has 3 aromatic rings. The van der Waals surface area contributed by atoms with Crippen molar-refractivity contribution in [3.05, 3.63) is 70.9 Å². The van der Waals surface area contributed by atoms with Crippen molar-refractivity contribution in [1.82, 2.24) is 4.57 Å². The van der Waals surface area contributed by atoms with E-state index in [9.17, 15) is 0 Å². The lowest BCUT2D eigenvalue weighted by Gasteiger charge is -2.06. The SMILES string of the molecule is N=Cc1cccc2c1ccn2Cc1cccc(Cl)c1. The number of nitrogens with one attached hydrogen (secondary N) is 1. The van der Waals surface area contributed by atoms with Gasteiger partial charge in [0.1, 0.15) is 0 Å². The molecular weight excluding hydrogens is 256 g/mol. The Morgan fingerprint density at radius 1 is 1.11 bits per heavy atom. The highest BCUT2D eigenvalue weighted by Crippen LogP contribution is 2.21. The Hall–Kier alpha value is -2.06. The largest absolute Gasteiger partial charge is 0.343 e. The van der Waals surface area contributed by atoms with E-state index in [0.29, 0.717) is 0 Å². The van der Waals surface area contributed by atoms with E-state index in [-0.39, 0.29) is 0 Å². The number of nitrogens with zero attached hydrogens (tertiary/aromatic N) is 1. The zero-order chi connectivity index (χ0) is 13.2. The Balaban J connectivity index is 2.04. The average molecular weight is 269 g/mol. The van der Waals surface area contributed by atoms with Gasteiger partial charge in [0.05, 0.1) is 0 Å². The molecule has 0 spiro atoms. The zero-order valence-corrected chi connectivity index (χ0v) is 11.1. The van der Waals surface area contributed by atoms with Crippen LogP contribution in [0.2, 0.25) is 5.02 Å². The van der Waals surface area contributed by atoms with Crippen LogP contribution in [-0.4, -0.2) is 10.8 Å². The van der Waals surface area contributed by atoms with Crippen LogP contribution >= 0.6 is 11.6 Å². The maximum atomic E-state index is 7.43. The highest BCUT2D eigenvalue weighted by Gasteiger charge is 2.04. The highest BCUT2D eigenvalue weighted by atomic mass is 35.5. The summed E-state index contributed by atoms with van der Waals surface area (Å²) in [5.74, 6) is 0. The Kier molecular flexibility index (Phi) is 3.10. The number of aromatic nitrogens is 1. The van der Waals surface area contributed by atoms with Gasteiger partial charge in [0, 0.05) is 40.4 Å². The van der Waals surface area contributed by atoms with Crippen LogP contribution in [0.5, 0.6) is 0 Å². The Morgan fingerprint density at radius 3 is 2.74 bits per heavy atom. The summed E-state index contributed by atoms with van der Waals surface area (Å²) in [5.41, 5.74) is 3.26. The third-order valence-corrected chi connectivity index (χ3v) is 3.48. The van der Waals surface area contributed by atoms with E-state index < -0.39 is 0 Å². The molecule has 0 bridgehead atoms. The van der Waals surface area contributed by atoms with E-state index >= 15 is 0 Å². The summed E-state index contributed by atoms with van der Waals surface area (Å²) >= 11 is 6.01. The van der Waals surface area contributed by atoms with Gasteiger partial charge in [-0.25, -0.2) is 0 Å². The van der Waals surface area contributed by atoms with E-state index in [0.717, 1.165) is 28.0 Å². The monoisotopic (exact) mass is 268 g/mol. The van der Waals surface area contributed by atoms with Crippen molar-refractivity contribution >= 4 is 28.7 Å². The minimum absolute atomic E-state index is 0.758. The third-order valence-electron chi connectivity index (χ3n) is 3.24. The maximum absolute atomic E-state index is 7.43. The number of fused-ring (bicyclic) bond motifs is 1. The number of hydrogen-bond acceptors (Lipinski definition) is 1. The summed E-state index contributed by atoms with van der Waals surface area (Å²) < 4.78 is 2.17. The van der Waals surface area contributed by atoms with Crippen molar-refractivity contribution in [3.63, 3.8) is 0 Å². The van der Waals surface area contributed by atoms with Gasteiger partial charge >= 0.3 is 0 Å². The summed E-state index contributed by atoms with van der Waals surface area (Å²) in [6.45, 7) is 0.783. The maximum Gasteiger partial charge on any atom is 0.0490 e. The summed E-state index contributed by atoms with van der Waals surface area (Å²) in [6, 6.07) is 16.0. The van der Waals surface area contributed by atoms with Gasteiger partial charge in [0.15, 0.2) is 0 Å². The van der Waals surface area contributed by atoms with Gasteiger partial charge in [-0.05, 0) is 29.8 Å². The molecule has 0 saturated carbocycles. The van der Waals surface area contributed by atoms with E-state index in [4.69, 9.17) is 17.0 Å². The molecule has 0 amide bonds. The molecule has 0 atom stereocenters. The first kappa shape index (κ1) is 12.0. The summed E-state index contributed by atoms with van der Waals surface area (Å²) in [5, 5.41) is 9.30. The average Bonchev–Trinajstić information content (AvgIpc) is 2.82. The van der Waals surface area contributed by atoms with Crippen LogP contribution in [0.3, 0.4) is 0 Å². The fourth-order valence-corrected chi connectivity index (χ4v) is 2.56. The first-order valence-electron chi connectivity index (χ1n) is 6.11. The van der Waals surface area contributed by atoms with Gasteiger partial charge < -0.3 is 9.98 Å². The Morgan fingerprint density at radius 2 is 1.95 bits per heavy atom. The second kappa shape index (κ2) is 4.90.